The van der Waals surface area contributed by atoms with E-state index in [1.807, 2.05) is 0 Å². The highest BCUT2D eigenvalue weighted by atomic mass is 19.1. The van der Waals surface area contributed by atoms with E-state index >= 15 is 0 Å². The maximum atomic E-state index is 13.2. The van der Waals surface area contributed by atoms with Crippen molar-refractivity contribution in [2.75, 3.05) is 18.8 Å². The van der Waals surface area contributed by atoms with Crippen molar-refractivity contribution in [1.29, 1.82) is 0 Å². The van der Waals surface area contributed by atoms with Crippen molar-refractivity contribution >= 4 is 11.6 Å². The zero-order valence-electron chi connectivity index (χ0n) is 12.9. The van der Waals surface area contributed by atoms with Crippen LogP contribution in [0.3, 0.4) is 0 Å². The number of halogens is 1. The molecule has 0 aliphatic carbocycles. The molecule has 5 heteroatoms. The number of piperidine rings is 1. The van der Waals surface area contributed by atoms with E-state index in [4.69, 9.17) is 5.73 Å². The van der Waals surface area contributed by atoms with E-state index in [0.717, 1.165) is 25.9 Å². The molecule has 0 aromatic heterocycles. The molecule has 116 valence electrons. The number of nitrogens with zero attached hydrogens (tertiary/aromatic N) is 1. The van der Waals surface area contributed by atoms with Gasteiger partial charge in [0.1, 0.15) is 5.82 Å². The predicted molar refractivity (Wildman–Crippen MR) is 82.6 cm³/mol. The van der Waals surface area contributed by atoms with Crippen molar-refractivity contribution < 1.29 is 9.18 Å². The molecule has 1 heterocycles. The average molecular weight is 293 g/mol. The monoisotopic (exact) mass is 293 g/mol. The van der Waals surface area contributed by atoms with E-state index in [1.54, 1.807) is 0 Å². The molecular formula is C16H24FN3O. The molecule has 1 aliphatic rings. The van der Waals surface area contributed by atoms with Gasteiger partial charge in [0, 0.05) is 30.4 Å². The maximum Gasteiger partial charge on any atom is 0.253 e. The molecule has 0 spiro atoms. The van der Waals surface area contributed by atoms with Gasteiger partial charge in [0.05, 0.1) is 5.56 Å². The fourth-order valence-corrected chi connectivity index (χ4v) is 2.68. The second kappa shape index (κ2) is 6.02. The minimum absolute atomic E-state index is 0.124. The van der Waals surface area contributed by atoms with Gasteiger partial charge in [-0.1, -0.05) is 0 Å². The summed E-state index contributed by atoms with van der Waals surface area (Å²) in [4.78, 5) is 14.6. The number of nitrogen functional groups attached to an aromatic ring is 1. The lowest BCUT2D eigenvalue weighted by molar-refractivity contribution is 0.0813. The second-order valence-electron chi connectivity index (χ2n) is 6.64. The summed E-state index contributed by atoms with van der Waals surface area (Å²) in [5, 5.41) is 2.96. The van der Waals surface area contributed by atoms with E-state index in [9.17, 15) is 9.18 Å². The number of anilines is 1. The van der Waals surface area contributed by atoms with Crippen LogP contribution in [0.25, 0.3) is 0 Å². The zero-order valence-corrected chi connectivity index (χ0v) is 12.9. The summed E-state index contributed by atoms with van der Waals surface area (Å²) in [6.07, 6.45) is 1.80. The Morgan fingerprint density at radius 3 is 2.52 bits per heavy atom. The summed E-state index contributed by atoms with van der Waals surface area (Å²) in [6, 6.07) is 3.99. The predicted octanol–water partition coefficient (Wildman–Crippen LogP) is 2.40. The quantitative estimate of drug-likeness (QED) is 0.823. The lowest BCUT2D eigenvalue weighted by atomic mass is 9.98. The lowest BCUT2D eigenvalue weighted by Gasteiger charge is -2.41. The molecule has 0 bridgehead atoms. The second-order valence-corrected chi connectivity index (χ2v) is 6.64. The van der Waals surface area contributed by atoms with Crippen LogP contribution in [-0.2, 0) is 0 Å². The Hall–Kier alpha value is -1.62. The number of amides is 1. The van der Waals surface area contributed by atoms with Crippen molar-refractivity contribution in [3.63, 3.8) is 0 Å². The highest BCUT2D eigenvalue weighted by Crippen LogP contribution is 2.21. The van der Waals surface area contributed by atoms with Crippen LogP contribution in [0.4, 0.5) is 10.1 Å². The number of nitrogens with one attached hydrogen (secondary N) is 1. The van der Waals surface area contributed by atoms with Crippen LogP contribution in [0, 0.1) is 5.82 Å². The molecule has 1 aromatic carbocycles. The van der Waals surface area contributed by atoms with E-state index in [0.29, 0.717) is 5.69 Å². The number of likely N-dealkylation sites (tertiary alicyclic amines) is 1. The maximum absolute atomic E-state index is 13.2. The third kappa shape index (κ3) is 3.94. The van der Waals surface area contributed by atoms with Gasteiger partial charge in [-0.3, -0.25) is 9.69 Å². The Morgan fingerprint density at radius 2 is 1.95 bits per heavy atom. The largest absolute Gasteiger partial charge is 0.398 e. The Kier molecular flexibility index (Phi) is 4.52. The molecule has 0 atom stereocenters. The van der Waals surface area contributed by atoms with Crippen molar-refractivity contribution in [3.8, 4) is 0 Å². The summed E-state index contributed by atoms with van der Waals surface area (Å²) in [5.41, 5.74) is 6.42. The standard InChI is InChI=1S/C16H24FN3O/c1-16(2,3)20-8-6-12(7-9-20)19-15(21)13-10-11(17)4-5-14(13)18/h4-5,10,12H,6-9,18H2,1-3H3,(H,19,21). The molecule has 21 heavy (non-hydrogen) atoms. The minimum Gasteiger partial charge on any atom is -0.398 e. The van der Waals surface area contributed by atoms with Crippen molar-refractivity contribution in [3.05, 3.63) is 29.6 Å². The van der Waals surface area contributed by atoms with Crippen molar-refractivity contribution in [2.45, 2.75) is 45.2 Å². The first kappa shape index (κ1) is 15.8. The van der Waals surface area contributed by atoms with Gasteiger partial charge in [-0.15, -0.1) is 0 Å². The Bertz CT molecular complexity index is 517. The van der Waals surface area contributed by atoms with Gasteiger partial charge in [0.2, 0.25) is 0 Å². The highest BCUT2D eigenvalue weighted by molar-refractivity contribution is 5.99. The Labute approximate surface area is 125 Å². The average Bonchev–Trinajstić information content (AvgIpc) is 2.41. The third-order valence-corrected chi connectivity index (χ3v) is 4.04. The van der Waals surface area contributed by atoms with E-state index in [-0.39, 0.29) is 23.1 Å². The minimum atomic E-state index is -0.447. The van der Waals surface area contributed by atoms with Gasteiger partial charge >= 0.3 is 0 Å². The fourth-order valence-electron chi connectivity index (χ4n) is 2.68. The van der Waals surface area contributed by atoms with Crippen LogP contribution in [0.15, 0.2) is 18.2 Å². The van der Waals surface area contributed by atoms with Crippen LogP contribution in [0.1, 0.15) is 44.0 Å². The number of carbonyl (C=O) groups is 1. The molecule has 1 amide bonds. The molecule has 2 rings (SSSR count). The first-order chi connectivity index (χ1) is 9.77. The zero-order chi connectivity index (χ0) is 15.6. The summed E-state index contributed by atoms with van der Waals surface area (Å²) in [6.45, 7) is 8.48. The summed E-state index contributed by atoms with van der Waals surface area (Å²) in [7, 11) is 0. The molecule has 0 unspecified atom stereocenters. The lowest BCUT2D eigenvalue weighted by Crippen LogP contribution is -2.50. The number of benzene rings is 1. The van der Waals surface area contributed by atoms with E-state index in [2.05, 4.69) is 31.0 Å². The van der Waals surface area contributed by atoms with Crippen LogP contribution in [-0.4, -0.2) is 35.5 Å². The number of hydrogen-bond donors (Lipinski definition) is 2. The fraction of sp³-hybridized carbons (Fsp3) is 0.562. The Balaban J connectivity index is 1.94. The van der Waals surface area contributed by atoms with E-state index in [1.165, 1.54) is 18.2 Å². The number of nitrogens with two attached hydrogens (primary N) is 1. The molecule has 4 nitrogen and oxygen atoms in total. The SMILES string of the molecule is CC(C)(C)N1CCC(NC(=O)c2cc(F)ccc2N)CC1. The first-order valence-electron chi connectivity index (χ1n) is 7.38. The smallest absolute Gasteiger partial charge is 0.253 e. The number of carbonyl (C=O) groups excluding carboxylic acids is 1. The van der Waals surface area contributed by atoms with Gasteiger partial charge in [-0.05, 0) is 51.8 Å². The van der Waals surface area contributed by atoms with Crippen LogP contribution < -0.4 is 11.1 Å². The van der Waals surface area contributed by atoms with Crippen LogP contribution in [0.5, 0.6) is 0 Å². The Morgan fingerprint density at radius 1 is 1.33 bits per heavy atom. The molecule has 0 saturated carbocycles. The van der Waals surface area contributed by atoms with Gasteiger partial charge in [0.25, 0.3) is 5.91 Å². The molecule has 1 saturated heterocycles. The molecule has 1 fully saturated rings. The van der Waals surface area contributed by atoms with E-state index < -0.39 is 5.82 Å². The first-order valence-corrected chi connectivity index (χ1v) is 7.38. The van der Waals surface area contributed by atoms with Gasteiger partial charge in [-0.25, -0.2) is 4.39 Å². The van der Waals surface area contributed by atoms with Crippen LogP contribution in [0.2, 0.25) is 0 Å². The molecule has 3 N–H and O–H groups in total. The molecule has 1 aromatic rings. The number of hydrogen-bond acceptors (Lipinski definition) is 3. The van der Waals surface area contributed by atoms with Crippen molar-refractivity contribution in [1.82, 2.24) is 10.2 Å². The molecular weight excluding hydrogens is 269 g/mol. The molecule has 0 radical (unpaired) electrons. The summed E-state index contributed by atoms with van der Waals surface area (Å²) in [5.74, 6) is -0.738. The topological polar surface area (TPSA) is 58.4 Å². The highest BCUT2D eigenvalue weighted by Gasteiger charge is 2.27. The summed E-state index contributed by atoms with van der Waals surface area (Å²) < 4.78 is 13.2. The van der Waals surface area contributed by atoms with Gasteiger partial charge in [0.15, 0.2) is 0 Å². The molecule has 1 aliphatic heterocycles. The van der Waals surface area contributed by atoms with Gasteiger partial charge in [-0.2, -0.15) is 0 Å². The van der Waals surface area contributed by atoms with Crippen LogP contribution >= 0.6 is 0 Å². The number of rotatable bonds is 2. The third-order valence-electron chi connectivity index (χ3n) is 4.04. The van der Waals surface area contributed by atoms with Gasteiger partial charge < -0.3 is 11.1 Å². The summed E-state index contributed by atoms with van der Waals surface area (Å²) >= 11 is 0. The van der Waals surface area contributed by atoms with Crippen molar-refractivity contribution in [2.24, 2.45) is 0 Å². The normalized spacial score (nSPS) is 17.7.